The summed E-state index contributed by atoms with van der Waals surface area (Å²) in [6.45, 7) is 6.04. The van der Waals surface area contributed by atoms with Crippen LogP contribution in [0.3, 0.4) is 0 Å². The van der Waals surface area contributed by atoms with Gasteiger partial charge in [-0.3, -0.25) is 14.8 Å². The molecule has 1 N–H and O–H groups in total. The smallest absolute Gasteiger partial charge is 0.253 e. The number of aromatic nitrogens is 3. The first-order valence-corrected chi connectivity index (χ1v) is 7.73. The van der Waals surface area contributed by atoms with Gasteiger partial charge in [0.05, 0.1) is 6.54 Å². The lowest BCUT2D eigenvalue weighted by atomic mass is 10.2. The SMILES string of the molecule is CCc1n[nH]c(CN2CCN(C(=O)c3ccccc3)CC2)n1. The molecule has 0 spiro atoms. The molecule has 1 fully saturated rings. The number of aryl methyl sites for hydroxylation is 1. The molecule has 0 unspecified atom stereocenters. The predicted octanol–water partition coefficient (Wildman–Crippen LogP) is 1.33. The molecule has 0 atom stereocenters. The number of carbonyl (C=O) groups excluding carboxylic acids is 1. The molecule has 1 saturated heterocycles. The molecule has 3 rings (SSSR count). The summed E-state index contributed by atoms with van der Waals surface area (Å²) >= 11 is 0. The van der Waals surface area contributed by atoms with Gasteiger partial charge in [0.25, 0.3) is 5.91 Å². The third-order valence-electron chi connectivity index (χ3n) is 3.95. The van der Waals surface area contributed by atoms with Crippen LogP contribution in [0.15, 0.2) is 30.3 Å². The summed E-state index contributed by atoms with van der Waals surface area (Å²) in [6.07, 6.45) is 0.843. The van der Waals surface area contributed by atoms with E-state index >= 15 is 0 Å². The van der Waals surface area contributed by atoms with E-state index in [9.17, 15) is 4.79 Å². The number of nitrogens with zero attached hydrogens (tertiary/aromatic N) is 4. The van der Waals surface area contributed by atoms with Crippen LogP contribution in [0.1, 0.15) is 28.9 Å². The van der Waals surface area contributed by atoms with Crippen molar-refractivity contribution in [3.05, 3.63) is 47.5 Å². The van der Waals surface area contributed by atoms with Crippen molar-refractivity contribution < 1.29 is 4.79 Å². The molecule has 2 heterocycles. The van der Waals surface area contributed by atoms with Crippen molar-refractivity contribution >= 4 is 5.91 Å². The van der Waals surface area contributed by atoms with E-state index in [1.54, 1.807) is 0 Å². The van der Waals surface area contributed by atoms with Crippen LogP contribution in [0.4, 0.5) is 0 Å². The van der Waals surface area contributed by atoms with Gasteiger partial charge in [0, 0.05) is 38.2 Å². The highest BCUT2D eigenvalue weighted by atomic mass is 16.2. The summed E-state index contributed by atoms with van der Waals surface area (Å²) in [7, 11) is 0. The highest BCUT2D eigenvalue weighted by molar-refractivity contribution is 5.94. The van der Waals surface area contributed by atoms with E-state index in [4.69, 9.17) is 0 Å². The Labute approximate surface area is 130 Å². The minimum absolute atomic E-state index is 0.119. The number of carbonyl (C=O) groups is 1. The molecule has 116 valence electrons. The maximum Gasteiger partial charge on any atom is 0.253 e. The standard InChI is InChI=1S/C16H21N5O/c1-2-14-17-15(19-18-14)12-20-8-10-21(11-9-20)16(22)13-6-4-3-5-7-13/h3-7H,2,8-12H2,1H3,(H,17,18,19). The lowest BCUT2D eigenvalue weighted by molar-refractivity contribution is 0.0625. The Morgan fingerprint density at radius 2 is 1.91 bits per heavy atom. The highest BCUT2D eigenvalue weighted by Gasteiger charge is 2.22. The summed E-state index contributed by atoms with van der Waals surface area (Å²) < 4.78 is 0. The Bertz CT molecular complexity index is 616. The maximum absolute atomic E-state index is 12.4. The van der Waals surface area contributed by atoms with Gasteiger partial charge in [-0.2, -0.15) is 5.10 Å². The number of benzene rings is 1. The molecule has 1 aromatic heterocycles. The van der Waals surface area contributed by atoms with E-state index in [2.05, 4.69) is 20.1 Å². The molecule has 0 aliphatic carbocycles. The van der Waals surface area contributed by atoms with Crippen LogP contribution >= 0.6 is 0 Å². The van der Waals surface area contributed by atoms with Crippen molar-refractivity contribution in [2.75, 3.05) is 26.2 Å². The first kappa shape index (κ1) is 14.7. The number of amides is 1. The van der Waals surface area contributed by atoms with Gasteiger partial charge in [0.15, 0.2) is 0 Å². The Balaban J connectivity index is 1.53. The normalized spacial score (nSPS) is 16.0. The second-order valence-corrected chi connectivity index (χ2v) is 5.49. The van der Waals surface area contributed by atoms with Crippen LogP contribution in [0.5, 0.6) is 0 Å². The first-order chi connectivity index (χ1) is 10.8. The van der Waals surface area contributed by atoms with Gasteiger partial charge >= 0.3 is 0 Å². The lowest BCUT2D eigenvalue weighted by Gasteiger charge is -2.34. The van der Waals surface area contributed by atoms with Crippen LogP contribution in [0.2, 0.25) is 0 Å². The Morgan fingerprint density at radius 1 is 1.18 bits per heavy atom. The number of H-pyrrole nitrogens is 1. The molecule has 0 radical (unpaired) electrons. The molecular formula is C16H21N5O. The fourth-order valence-electron chi connectivity index (χ4n) is 2.65. The predicted molar refractivity (Wildman–Crippen MR) is 83.4 cm³/mol. The third kappa shape index (κ3) is 3.33. The van der Waals surface area contributed by atoms with Crippen LogP contribution in [0, 0.1) is 0 Å². The van der Waals surface area contributed by atoms with E-state index in [1.807, 2.05) is 42.2 Å². The fourth-order valence-corrected chi connectivity index (χ4v) is 2.65. The first-order valence-electron chi connectivity index (χ1n) is 7.73. The number of aromatic amines is 1. The number of hydrogen-bond donors (Lipinski definition) is 1. The van der Waals surface area contributed by atoms with Crippen molar-refractivity contribution in [1.29, 1.82) is 0 Å². The Morgan fingerprint density at radius 3 is 2.55 bits per heavy atom. The fraction of sp³-hybridized carbons (Fsp3) is 0.438. The Hall–Kier alpha value is -2.21. The molecule has 1 aliphatic rings. The Kier molecular flexibility index (Phi) is 4.48. The molecule has 6 heteroatoms. The summed E-state index contributed by atoms with van der Waals surface area (Å²) in [4.78, 5) is 21.0. The topological polar surface area (TPSA) is 65.1 Å². The minimum Gasteiger partial charge on any atom is -0.336 e. The third-order valence-corrected chi connectivity index (χ3v) is 3.95. The molecule has 1 aromatic carbocycles. The number of nitrogens with one attached hydrogen (secondary N) is 1. The van der Waals surface area contributed by atoms with Crippen molar-refractivity contribution in [2.45, 2.75) is 19.9 Å². The zero-order valence-corrected chi connectivity index (χ0v) is 12.8. The summed E-state index contributed by atoms with van der Waals surface area (Å²) in [5.74, 6) is 1.88. The average molecular weight is 299 g/mol. The summed E-state index contributed by atoms with van der Waals surface area (Å²) in [5, 5.41) is 7.14. The van der Waals surface area contributed by atoms with Gasteiger partial charge in [-0.15, -0.1) is 0 Å². The lowest BCUT2D eigenvalue weighted by Crippen LogP contribution is -2.48. The molecular weight excluding hydrogens is 278 g/mol. The van der Waals surface area contributed by atoms with E-state index in [0.717, 1.165) is 56.4 Å². The second-order valence-electron chi connectivity index (χ2n) is 5.49. The maximum atomic E-state index is 12.4. The van der Waals surface area contributed by atoms with Crippen LogP contribution in [0.25, 0.3) is 0 Å². The minimum atomic E-state index is 0.119. The van der Waals surface area contributed by atoms with E-state index in [0.29, 0.717) is 0 Å². The average Bonchev–Trinajstić information content (AvgIpc) is 3.03. The van der Waals surface area contributed by atoms with Crippen molar-refractivity contribution in [3.8, 4) is 0 Å². The number of hydrogen-bond acceptors (Lipinski definition) is 4. The summed E-state index contributed by atoms with van der Waals surface area (Å²) in [6, 6.07) is 9.47. The molecule has 22 heavy (non-hydrogen) atoms. The molecule has 2 aromatic rings. The van der Waals surface area contributed by atoms with Crippen molar-refractivity contribution in [1.82, 2.24) is 25.0 Å². The van der Waals surface area contributed by atoms with Gasteiger partial charge in [0.1, 0.15) is 11.6 Å². The molecule has 1 amide bonds. The summed E-state index contributed by atoms with van der Waals surface area (Å²) in [5.41, 5.74) is 0.763. The van der Waals surface area contributed by atoms with Gasteiger partial charge < -0.3 is 4.90 Å². The quantitative estimate of drug-likeness (QED) is 0.925. The number of rotatable bonds is 4. The second kappa shape index (κ2) is 6.70. The molecule has 6 nitrogen and oxygen atoms in total. The molecule has 0 bridgehead atoms. The zero-order valence-electron chi connectivity index (χ0n) is 12.8. The van der Waals surface area contributed by atoms with Crippen molar-refractivity contribution in [3.63, 3.8) is 0 Å². The van der Waals surface area contributed by atoms with Crippen LogP contribution < -0.4 is 0 Å². The van der Waals surface area contributed by atoms with Gasteiger partial charge in [-0.1, -0.05) is 25.1 Å². The van der Waals surface area contributed by atoms with Gasteiger partial charge in [-0.05, 0) is 12.1 Å². The molecule has 1 aliphatic heterocycles. The molecule has 0 saturated carbocycles. The largest absolute Gasteiger partial charge is 0.336 e. The monoisotopic (exact) mass is 299 g/mol. The zero-order chi connectivity index (χ0) is 15.4. The van der Waals surface area contributed by atoms with E-state index in [-0.39, 0.29) is 5.91 Å². The number of piperazine rings is 1. The van der Waals surface area contributed by atoms with E-state index < -0.39 is 0 Å². The van der Waals surface area contributed by atoms with Crippen molar-refractivity contribution in [2.24, 2.45) is 0 Å². The van der Waals surface area contributed by atoms with Gasteiger partial charge in [-0.25, -0.2) is 4.98 Å². The van der Waals surface area contributed by atoms with Crippen LogP contribution in [-0.4, -0.2) is 57.1 Å². The van der Waals surface area contributed by atoms with Gasteiger partial charge in [0.2, 0.25) is 0 Å². The van der Waals surface area contributed by atoms with Crippen LogP contribution in [-0.2, 0) is 13.0 Å². The highest BCUT2D eigenvalue weighted by Crippen LogP contribution is 2.10. The van der Waals surface area contributed by atoms with E-state index in [1.165, 1.54) is 0 Å².